The highest BCUT2D eigenvalue weighted by atomic mass is 16.1. The Morgan fingerprint density at radius 3 is 2.62 bits per heavy atom. The van der Waals surface area contributed by atoms with Crippen molar-refractivity contribution in [3.8, 4) is 0 Å². The van der Waals surface area contributed by atoms with Gasteiger partial charge < -0.3 is 0 Å². The standard InChI is InChI=1S/C12H16O/c1-8(13)3-6-12-9(2)10-4-5-11(12)7-10/h3-6,9-12H,7H2,1-2H3. The lowest BCUT2D eigenvalue weighted by Gasteiger charge is -2.21. The summed E-state index contributed by atoms with van der Waals surface area (Å²) in [5.74, 6) is 2.98. The van der Waals surface area contributed by atoms with Gasteiger partial charge in [-0.05, 0) is 43.1 Å². The van der Waals surface area contributed by atoms with Crippen LogP contribution in [-0.4, -0.2) is 5.78 Å². The van der Waals surface area contributed by atoms with E-state index in [0.717, 1.165) is 11.8 Å². The highest BCUT2D eigenvalue weighted by Gasteiger charge is 2.40. The molecule has 13 heavy (non-hydrogen) atoms. The Morgan fingerprint density at radius 1 is 1.38 bits per heavy atom. The molecular formula is C12H16O. The Labute approximate surface area is 79.5 Å². The van der Waals surface area contributed by atoms with E-state index in [0.29, 0.717) is 11.8 Å². The Bertz CT molecular complexity index is 275. The normalized spacial score (nSPS) is 42.0. The minimum atomic E-state index is 0.166. The molecule has 1 nitrogen and oxygen atoms in total. The van der Waals surface area contributed by atoms with E-state index in [1.807, 2.05) is 0 Å². The van der Waals surface area contributed by atoms with Gasteiger partial charge >= 0.3 is 0 Å². The fourth-order valence-corrected chi connectivity index (χ4v) is 2.67. The maximum absolute atomic E-state index is 10.8. The molecule has 4 atom stereocenters. The quantitative estimate of drug-likeness (QED) is 0.467. The number of carbonyl (C=O) groups is 1. The zero-order valence-corrected chi connectivity index (χ0v) is 8.23. The zero-order valence-electron chi connectivity index (χ0n) is 8.23. The van der Waals surface area contributed by atoms with E-state index < -0.39 is 0 Å². The third-order valence-corrected chi connectivity index (χ3v) is 3.48. The largest absolute Gasteiger partial charge is 0.295 e. The van der Waals surface area contributed by atoms with Crippen molar-refractivity contribution in [3.05, 3.63) is 24.3 Å². The third kappa shape index (κ3) is 1.48. The van der Waals surface area contributed by atoms with Gasteiger partial charge in [-0.1, -0.05) is 25.2 Å². The summed E-state index contributed by atoms with van der Waals surface area (Å²) in [6, 6.07) is 0. The summed E-state index contributed by atoms with van der Waals surface area (Å²) in [5, 5.41) is 0. The molecule has 0 saturated heterocycles. The van der Waals surface area contributed by atoms with Crippen LogP contribution in [0.4, 0.5) is 0 Å². The molecule has 0 heterocycles. The molecule has 70 valence electrons. The average molecular weight is 176 g/mol. The number of ketones is 1. The topological polar surface area (TPSA) is 17.1 Å². The van der Waals surface area contributed by atoms with Crippen LogP contribution in [0.15, 0.2) is 24.3 Å². The van der Waals surface area contributed by atoms with E-state index in [4.69, 9.17) is 0 Å². The summed E-state index contributed by atoms with van der Waals surface area (Å²) < 4.78 is 0. The maximum Gasteiger partial charge on any atom is 0.152 e. The van der Waals surface area contributed by atoms with Crippen molar-refractivity contribution >= 4 is 5.78 Å². The van der Waals surface area contributed by atoms with Crippen molar-refractivity contribution < 1.29 is 4.79 Å². The first-order valence-electron chi connectivity index (χ1n) is 5.05. The summed E-state index contributed by atoms with van der Waals surface area (Å²) in [5.41, 5.74) is 0. The lowest BCUT2D eigenvalue weighted by molar-refractivity contribution is -0.112. The average Bonchev–Trinajstić information content (AvgIpc) is 2.61. The number of rotatable bonds is 2. The van der Waals surface area contributed by atoms with Gasteiger partial charge in [-0.2, -0.15) is 0 Å². The molecule has 4 unspecified atom stereocenters. The van der Waals surface area contributed by atoms with Crippen molar-refractivity contribution in [1.82, 2.24) is 0 Å². The number of hydrogen-bond acceptors (Lipinski definition) is 1. The molecule has 1 saturated carbocycles. The number of fused-ring (bicyclic) bond motifs is 2. The summed E-state index contributed by atoms with van der Waals surface area (Å²) >= 11 is 0. The van der Waals surface area contributed by atoms with Gasteiger partial charge in [0.25, 0.3) is 0 Å². The molecule has 0 amide bonds. The zero-order chi connectivity index (χ0) is 9.42. The number of carbonyl (C=O) groups excluding carboxylic acids is 1. The Morgan fingerprint density at radius 2 is 2.08 bits per heavy atom. The van der Waals surface area contributed by atoms with Gasteiger partial charge in [-0.15, -0.1) is 0 Å². The van der Waals surface area contributed by atoms with Crippen molar-refractivity contribution in [1.29, 1.82) is 0 Å². The molecule has 0 N–H and O–H groups in total. The van der Waals surface area contributed by atoms with Gasteiger partial charge in [-0.3, -0.25) is 4.79 Å². The van der Waals surface area contributed by atoms with Gasteiger partial charge in [-0.25, -0.2) is 0 Å². The van der Waals surface area contributed by atoms with Crippen LogP contribution < -0.4 is 0 Å². The first-order chi connectivity index (χ1) is 6.18. The summed E-state index contributed by atoms with van der Waals surface area (Å²) in [6.07, 6.45) is 9.80. The highest BCUT2D eigenvalue weighted by Crippen LogP contribution is 2.48. The Balaban J connectivity index is 2.09. The molecule has 0 spiro atoms. The summed E-state index contributed by atoms with van der Waals surface area (Å²) in [4.78, 5) is 10.8. The van der Waals surface area contributed by atoms with Crippen molar-refractivity contribution in [2.75, 3.05) is 0 Å². The molecule has 0 aromatic heterocycles. The molecule has 0 aromatic carbocycles. The van der Waals surface area contributed by atoms with E-state index >= 15 is 0 Å². The second-order valence-electron chi connectivity index (χ2n) is 4.35. The van der Waals surface area contributed by atoms with Crippen LogP contribution in [0.2, 0.25) is 0 Å². The van der Waals surface area contributed by atoms with Crippen LogP contribution in [-0.2, 0) is 4.79 Å². The molecule has 0 aliphatic heterocycles. The first-order valence-corrected chi connectivity index (χ1v) is 5.05. The SMILES string of the molecule is CC(=O)C=CC1C2C=CC(C2)C1C. The van der Waals surface area contributed by atoms with Crippen LogP contribution in [0.3, 0.4) is 0 Å². The smallest absolute Gasteiger partial charge is 0.152 e. The Hall–Kier alpha value is -0.850. The van der Waals surface area contributed by atoms with Gasteiger partial charge in [0, 0.05) is 0 Å². The van der Waals surface area contributed by atoms with Crippen LogP contribution in [0.25, 0.3) is 0 Å². The van der Waals surface area contributed by atoms with E-state index in [-0.39, 0.29) is 5.78 Å². The van der Waals surface area contributed by atoms with Gasteiger partial charge in [0.15, 0.2) is 5.78 Å². The predicted molar refractivity (Wildman–Crippen MR) is 53.2 cm³/mol. The molecular weight excluding hydrogens is 160 g/mol. The number of hydrogen-bond donors (Lipinski definition) is 0. The second-order valence-corrected chi connectivity index (χ2v) is 4.35. The van der Waals surface area contributed by atoms with Gasteiger partial charge in [0.2, 0.25) is 0 Å². The van der Waals surface area contributed by atoms with Crippen LogP contribution in [0.1, 0.15) is 20.3 Å². The van der Waals surface area contributed by atoms with Crippen LogP contribution >= 0.6 is 0 Å². The fraction of sp³-hybridized carbons (Fsp3) is 0.583. The third-order valence-electron chi connectivity index (χ3n) is 3.48. The van der Waals surface area contributed by atoms with E-state index in [9.17, 15) is 4.79 Å². The van der Waals surface area contributed by atoms with E-state index in [1.54, 1.807) is 13.0 Å². The van der Waals surface area contributed by atoms with Crippen LogP contribution in [0.5, 0.6) is 0 Å². The first kappa shape index (κ1) is 8.74. The molecule has 2 aliphatic carbocycles. The van der Waals surface area contributed by atoms with Crippen molar-refractivity contribution in [3.63, 3.8) is 0 Å². The predicted octanol–water partition coefficient (Wildman–Crippen LogP) is 2.59. The molecule has 1 heteroatoms. The summed E-state index contributed by atoms with van der Waals surface area (Å²) in [7, 11) is 0. The number of allylic oxidation sites excluding steroid dienone is 4. The second kappa shape index (κ2) is 3.13. The fourth-order valence-electron chi connectivity index (χ4n) is 2.67. The van der Waals surface area contributed by atoms with Gasteiger partial charge in [0.05, 0.1) is 0 Å². The Kier molecular flexibility index (Phi) is 2.10. The highest BCUT2D eigenvalue weighted by molar-refractivity contribution is 5.87. The minimum Gasteiger partial charge on any atom is -0.295 e. The van der Waals surface area contributed by atoms with Crippen molar-refractivity contribution in [2.45, 2.75) is 20.3 Å². The lowest BCUT2D eigenvalue weighted by atomic mass is 9.84. The van der Waals surface area contributed by atoms with E-state index in [2.05, 4.69) is 25.2 Å². The van der Waals surface area contributed by atoms with E-state index in [1.165, 1.54) is 6.42 Å². The molecule has 2 bridgehead atoms. The molecule has 2 rings (SSSR count). The van der Waals surface area contributed by atoms with Crippen molar-refractivity contribution in [2.24, 2.45) is 23.7 Å². The molecule has 2 aliphatic rings. The molecule has 0 radical (unpaired) electrons. The minimum absolute atomic E-state index is 0.166. The monoisotopic (exact) mass is 176 g/mol. The van der Waals surface area contributed by atoms with Crippen LogP contribution in [0, 0.1) is 23.7 Å². The molecule has 0 aromatic rings. The summed E-state index contributed by atoms with van der Waals surface area (Å²) in [6.45, 7) is 3.91. The molecule has 1 fully saturated rings. The lowest BCUT2D eigenvalue weighted by Crippen LogP contribution is -2.14. The van der Waals surface area contributed by atoms with Gasteiger partial charge in [0.1, 0.15) is 0 Å². The maximum atomic E-state index is 10.8.